The van der Waals surface area contributed by atoms with Gasteiger partial charge in [-0.15, -0.1) is 0 Å². The van der Waals surface area contributed by atoms with Crippen LogP contribution in [0, 0.1) is 0 Å². The zero-order chi connectivity index (χ0) is 14.3. The van der Waals surface area contributed by atoms with Gasteiger partial charge in [0.2, 0.25) is 0 Å². The van der Waals surface area contributed by atoms with Crippen LogP contribution in [-0.4, -0.2) is 36.4 Å². The van der Waals surface area contributed by atoms with Crippen LogP contribution in [0.25, 0.3) is 0 Å². The van der Waals surface area contributed by atoms with Crippen molar-refractivity contribution in [3.05, 3.63) is 29.8 Å². The molecule has 0 amide bonds. The molecule has 0 fully saturated rings. The maximum absolute atomic E-state index is 11.5. The third kappa shape index (κ3) is 5.03. The lowest BCUT2D eigenvalue weighted by molar-refractivity contribution is 0.101. The Balaban J connectivity index is 2.55. The Bertz CT molecular complexity index is 401. The number of hydrogen-bond donors (Lipinski definition) is 0. The van der Waals surface area contributed by atoms with E-state index in [1.807, 2.05) is 24.3 Å². The van der Waals surface area contributed by atoms with Gasteiger partial charge in [-0.05, 0) is 45.9 Å². The summed E-state index contributed by atoms with van der Waals surface area (Å²) in [5.74, 6) is 0.736. The second-order valence-corrected chi connectivity index (χ2v) is 5.03. The molecule has 0 N–H and O–H groups in total. The molecule has 106 valence electrons. The first-order valence-electron chi connectivity index (χ1n) is 7.03. The summed E-state index contributed by atoms with van der Waals surface area (Å²) in [4.78, 5) is 13.9. The van der Waals surface area contributed by atoms with Gasteiger partial charge in [-0.2, -0.15) is 0 Å². The topological polar surface area (TPSA) is 29.5 Å². The number of carbonyl (C=O) groups is 1. The first-order chi connectivity index (χ1) is 9.06. The molecule has 0 bridgehead atoms. The molecule has 1 aromatic rings. The van der Waals surface area contributed by atoms with E-state index in [1.165, 1.54) is 0 Å². The Morgan fingerprint density at radius 2 is 1.95 bits per heavy atom. The minimum absolute atomic E-state index is 0.0462. The maximum atomic E-state index is 11.5. The third-order valence-electron chi connectivity index (χ3n) is 3.14. The molecule has 3 nitrogen and oxygen atoms in total. The fraction of sp³-hybridized carbons (Fsp3) is 0.562. The second-order valence-electron chi connectivity index (χ2n) is 5.03. The molecule has 0 saturated heterocycles. The number of para-hydroxylation sites is 1. The molecular formula is C16H25NO2. The summed E-state index contributed by atoms with van der Waals surface area (Å²) in [5.41, 5.74) is 0.661. The van der Waals surface area contributed by atoms with Gasteiger partial charge >= 0.3 is 0 Å². The van der Waals surface area contributed by atoms with Crippen molar-refractivity contribution in [2.45, 2.75) is 40.2 Å². The standard InChI is InChI=1S/C16H25NO2/c1-5-10-17(13(2)3)11-12-19-16-9-7-6-8-15(16)14(4)18/h6-9,13H,5,10-12H2,1-4H3. The largest absolute Gasteiger partial charge is 0.491 e. The van der Waals surface area contributed by atoms with Gasteiger partial charge < -0.3 is 4.74 Å². The van der Waals surface area contributed by atoms with Gasteiger partial charge in [-0.25, -0.2) is 0 Å². The Morgan fingerprint density at radius 3 is 2.53 bits per heavy atom. The molecule has 0 atom stereocenters. The van der Waals surface area contributed by atoms with Crippen molar-refractivity contribution < 1.29 is 9.53 Å². The quantitative estimate of drug-likeness (QED) is 0.673. The first-order valence-corrected chi connectivity index (χ1v) is 7.03. The fourth-order valence-electron chi connectivity index (χ4n) is 2.07. The van der Waals surface area contributed by atoms with Crippen LogP contribution in [0.3, 0.4) is 0 Å². The average molecular weight is 263 g/mol. The predicted octanol–water partition coefficient (Wildman–Crippen LogP) is 3.39. The summed E-state index contributed by atoms with van der Waals surface area (Å²) in [6.45, 7) is 10.7. The monoisotopic (exact) mass is 263 g/mol. The van der Waals surface area contributed by atoms with E-state index >= 15 is 0 Å². The van der Waals surface area contributed by atoms with Crippen LogP contribution >= 0.6 is 0 Å². The number of hydrogen-bond acceptors (Lipinski definition) is 3. The number of nitrogens with zero attached hydrogens (tertiary/aromatic N) is 1. The zero-order valence-corrected chi connectivity index (χ0v) is 12.5. The summed E-state index contributed by atoms with van der Waals surface area (Å²) in [6, 6.07) is 7.95. The highest BCUT2D eigenvalue weighted by Crippen LogP contribution is 2.18. The number of ether oxygens (including phenoxy) is 1. The van der Waals surface area contributed by atoms with Gasteiger partial charge in [0.05, 0.1) is 5.56 Å². The molecule has 0 aliphatic heterocycles. The van der Waals surface area contributed by atoms with Crippen molar-refractivity contribution in [1.29, 1.82) is 0 Å². The smallest absolute Gasteiger partial charge is 0.163 e. The fourth-order valence-corrected chi connectivity index (χ4v) is 2.07. The molecule has 0 aliphatic rings. The Morgan fingerprint density at radius 1 is 1.26 bits per heavy atom. The van der Waals surface area contributed by atoms with Crippen LogP contribution in [-0.2, 0) is 0 Å². The summed E-state index contributed by atoms with van der Waals surface area (Å²) in [5, 5.41) is 0. The van der Waals surface area contributed by atoms with E-state index in [0.717, 1.165) is 19.5 Å². The molecule has 0 saturated carbocycles. The van der Waals surface area contributed by atoms with Crippen LogP contribution in [0.4, 0.5) is 0 Å². The summed E-state index contributed by atoms with van der Waals surface area (Å²) in [7, 11) is 0. The second kappa shape index (κ2) is 7.95. The zero-order valence-electron chi connectivity index (χ0n) is 12.5. The lowest BCUT2D eigenvalue weighted by Gasteiger charge is -2.25. The highest BCUT2D eigenvalue weighted by molar-refractivity contribution is 5.96. The van der Waals surface area contributed by atoms with Crippen LogP contribution in [0.15, 0.2) is 24.3 Å². The van der Waals surface area contributed by atoms with Gasteiger partial charge in [-0.3, -0.25) is 9.69 Å². The van der Waals surface area contributed by atoms with Crippen molar-refractivity contribution in [2.75, 3.05) is 19.7 Å². The van der Waals surface area contributed by atoms with E-state index in [4.69, 9.17) is 4.74 Å². The average Bonchev–Trinajstić information content (AvgIpc) is 2.38. The molecular weight excluding hydrogens is 238 g/mol. The van der Waals surface area contributed by atoms with Crippen LogP contribution in [0.1, 0.15) is 44.5 Å². The predicted molar refractivity (Wildman–Crippen MR) is 78.9 cm³/mol. The summed E-state index contributed by atoms with van der Waals surface area (Å²) >= 11 is 0. The molecule has 0 unspecified atom stereocenters. The summed E-state index contributed by atoms with van der Waals surface area (Å²) in [6.07, 6.45) is 1.14. The molecule has 0 heterocycles. The number of ketones is 1. The molecule has 0 aromatic heterocycles. The molecule has 3 heteroatoms. The van der Waals surface area contributed by atoms with E-state index in [9.17, 15) is 4.79 Å². The van der Waals surface area contributed by atoms with E-state index in [2.05, 4.69) is 25.7 Å². The number of benzene rings is 1. The number of carbonyl (C=O) groups excluding carboxylic acids is 1. The van der Waals surface area contributed by atoms with Gasteiger partial charge in [0, 0.05) is 12.6 Å². The van der Waals surface area contributed by atoms with Crippen LogP contribution in [0.5, 0.6) is 5.75 Å². The Hall–Kier alpha value is -1.35. The highest BCUT2D eigenvalue weighted by atomic mass is 16.5. The van der Waals surface area contributed by atoms with Gasteiger partial charge in [0.25, 0.3) is 0 Å². The van der Waals surface area contributed by atoms with E-state index in [-0.39, 0.29) is 5.78 Å². The Kier molecular flexibility index (Phi) is 6.57. The maximum Gasteiger partial charge on any atom is 0.163 e. The van der Waals surface area contributed by atoms with Gasteiger partial charge in [0.1, 0.15) is 12.4 Å². The molecule has 19 heavy (non-hydrogen) atoms. The van der Waals surface area contributed by atoms with E-state index < -0.39 is 0 Å². The van der Waals surface area contributed by atoms with Gasteiger partial charge in [-0.1, -0.05) is 19.1 Å². The SMILES string of the molecule is CCCN(CCOc1ccccc1C(C)=O)C(C)C. The van der Waals surface area contributed by atoms with Crippen LogP contribution < -0.4 is 4.74 Å². The lowest BCUT2D eigenvalue weighted by Crippen LogP contribution is -2.35. The minimum atomic E-state index is 0.0462. The minimum Gasteiger partial charge on any atom is -0.491 e. The van der Waals surface area contributed by atoms with E-state index in [0.29, 0.717) is 24.0 Å². The van der Waals surface area contributed by atoms with Crippen LogP contribution in [0.2, 0.25) is 0 Å². The molecule has 0 aliphatic carbocycles. The molecule has 0 spiro atoms. The first kappa shape index (κ1) is 15.7. The Labute approximate surface area is 116 Å². The summed E-state index contributed by atoms with van der Waals surface area (Å²) < 4.78 is 5.76. The lowest BCUT2D eigenvalue weighted by atomic mass is 10.1. The number of Topliss-reactive ketones (excluding diaryl/α,β-unsaturated/α-hetero) is 1. The van der Waals surface area contributed by atoms with Gasteiger partial charge in [0.15, 0.2) is 5.78 Å². The van der Waals surface area contributed by atoms with Crippen molar-refractivity contribution in [1.82, 2.24) is 4.90 Å². The molecule has 0 radical (unpaired) electrons. The van der Waals surface area contributed by atoms with Crippen molar-refractivity contribution in [2.24, 2.45) is 0 Å². The molecule has 1 aromatic carbocycles. The van der Waals surface area contributed by atoms with E-state index in [1.54, 1.807) is 6.92 Å². The van der Waals surface area contributed by atoms with Crippen molar-refractivity contribution >= 4 is 5.78 Å². The normalized spacial score (nSPS) is 11.1. The van der Waals surface area contributed by atoms with Crippen molar-refractivity contribution in [3.8, 4) is 5.75 Å². The molecule has 1 rings (SSSR count). The highest BCUT2D eigenvalue weighted by Gasteiger charge is 2.10. The van der Waals surface area contributed by atoms with Crippen molar-refractivity contribution in [3.63, 3.8) is 0 Å². The number of rotatable bonds is 8. The third-order valence-corrected chi connectivity index (χ3v) is 3.14.